The van der Waals surface area contributed by atoms with E-state index in [2.05, 4.69) is 15.9 Å². The number of hydrogen-bond donors (Lipinski definition) is 1. The number of aliphatic hydroxyl groups is 1. The summed E-state index contributed by atoms with van der Waals surface area (Å²) in [5.74, 6) is 0. The van der Waals surface area contributed by atoms with E-state index in [1.54, 1.807) is 43.3 Å². The molecule has 0 bridgehead atoms. The summed E-state index contributed by atoms with van der Waals surface area (Å²) >= 11 is 3.43. The van der Waals surface area contributed by atoms with E-state index in [0.717, 1.165) is 15.4 Å². The molecule has 0 atom stereocenters. The van der Waals surface area contributed by atoms with Gasteiger partial charge in [0.1, 0.15) is 0 Å². The molecule has 1 heterocycles. The smallest absolute Gasteiger partial charge is 0.268 e. The summed E-state index contributed by atoms with van der Waals surface area (Å²) in [6, 6.07) is 13.9. The van der Waals surface area contributed by atoms with Crippen LogP contribution in [-0.4, -0.2) is 24.1 Å². The highest BCUT2D eigenvalue weighted by molar-refractivity contribution is 9.10. The van der Waals surface area contributed by atoms with Crippen molar-refractivity contribution in [1.29, 1.82) is 0 Å². The first-order valence-electron chi connectivity index (χ1n) is 7.17. The molecule has 0 saturated carbocycles. The second kappa shape index (κ2) is 6.11. The van der Waals surface area contributed by atoms with E-state index >= 15 is 0 Å². The van der Waals surface area contributed by atoms with Gasteiger partial charge in [0, 0.05) is 22.2 Å². The van der Waals surface area contributed by atoms with Gasteiger partial charge in [0.05, 0.1) is 10.4 Å². The molecule has 0 aliphatic rings. The summed E-state index contributed by atoms with van der Waals surface area (Å²) in [6.07, 6.45) is 0.413. The largest absolute Gasteiger partial charge is 0.396 e. The Kier molecular flexibility index (Phi) is 4.31. The van der Waals surface area contributed by atoms with Gasteiger partial charge >= 0.3 is 0 Å². The van der Waals surface area contributed by atoms with E-state index in [-0.39, 0.29) is 11.5 Å². The van der Waals surface area contributed by atoms with E-state index in [9.17, 15) is 13.5 Å². The molecule has 0 aliphatic heterocycles. The van der Waals surface area contributed by atoms with Crippen molar-refractivity contribution in [3.05, 3.63) is 64.3 Å². The average molecular weight is 394 g/mol. The molecule has 0 fully saturated rings. The topological polar surface area (TPSA) is 59.3 Å². The second-order valence-electron chi connectivity index (χ2n) is 5.28. The monoisotopic (exact) mass is 393 g/mol. The number of nitrogens with zero attached hydrogens (tertiary/aromatic N) is 1. The zero-order valence-electron chi connectivity index (χ0n) is 12.5. The van der Waals surface area contributed by atoms with Crippen LogP contribution in [0.4, 0.5) is 0 Å². The molecule has 1 aromatic heterocycles. The Hall–Kier alpha value is -1.63. The number of halogens is 1. The molecule has 2 aromatic carbocycles. The van der Waals surface area contributed by atoms with Gasteiger partial charge in [-0.3, -0.25) is 0 Å². The van der Waals surface area contributed by atoms with Gasteiger partial charge in [-0.1, -0.05) is 34.1 Å². The van der Waals surface area contributed by atoms with Crippen molar-refractivity contribution in [2.45, 2.75) is 18.2 Å². The molecule has 3 aromatic rings. The summed E-state index contributed by atoms with van der Waals surface area (Å²) in [6.45, 7) is 1.75. The summed E-state index contributed by atoms with van der Waals surface area (Å²) in [4.78, 5) is 0.249. The first-order chi connectivity index (χ1) is 11.0. The zero-order chi connectivity index (χ0) is 16.6. The highest BCUT2D eigenvalue weighted by Gasteiger charge is 2.24. The molecule has 1 N–H and O–H groups in total. The molecule has 0 unspecified atom stereocenters. The first-order valence-corrected chi connectivity index (χ1v) is 9.41. The number of aliphatic hydroxyl groups excluding tert-OH is 1. The predicted molar refractivity (Wildman–Crippen MR) is 94.2 cm³/mol. The van der Waals surface area contributed by atoms with Crippen molar-refractivity contribution in [2.75, 3.05) is 6.61 Å². The fourth-order valence-electron chi connectivity index (χ4n) is 2.86. The molecular weight excluding hydrogens is 378 g/mol. The third kappa shape index (κ3) is 2.71. The lowest BCUT2D eigenvalue weighted by molar-refractivity contribution is 0.300. The Morgan fingerprint density at radius 1 is 1.13 bits per heavy atom. The second-order valence-corrected chi connectivity index (χ2v) is 7.98. The summed E-state index contributed by atoms with van der Waals surface area (Å²) in [7, 11) is -3.69. The van der Waals surface area contributed by atoms with E-state index < -0.39 is 10.0 Å². The molecule has 3 rings (SSSR count). The first kappa shape index (κ1) is 16.2. The van der Waals surface area contributed by atoms with E-state index in [4.69, 9.17) is 0 Å². The Balaban J connectivity index is 2.36. The van der Waals surface area contributed by atoms with Crippen molar-refractivity contribution < 1.29 is 13.5 Å². The maximum Gasteiger partial charge on any atom is 0.268 e. The van der Waals surface area contributed by atoms with Crippen molar-refractivity contribution in [1.82, 2.24) is 3.97 Å². The molecular formula is C17H16BrNO3S. The zero-order valence-corrected chi connectivity index (χ0v) is 14.9. The minimum atomic E-state index is -3.69. The summed E-state index contributed by atoms with van der Waals surface area (Å²) in [5, 5.41) is 10.2. The minimum Gasteiger partial charge on any atom is -0.396 e. The van der Waals surface area contributed by atoms with Gasteiger partial charge in [0.2, 0.25) is 0 Å². The third-order valence-corrected chi connectivity index (χ3v) is 6.20. The number of fused-ring (bicyclic) bond motifs is 1. The standard InChI is InChI=1S/C17H16BrNO3S/c1-12-15(9-10-20)16-11-13(18)7-8-17(16)19(12)23(21,22)14-5-3-2-4-6-14/h2-8,11,20H,9-10H2,1H3. The van der Waals surface area contributed by atoms with Gasteiger partial charge in [-0.25, -0.2) is 12.4 Å². The number of rotatable bonds is 4. The van der Waals surface area contributed by atoms with Gasteiger partial charge in [-0.2, -0.15) is 0 Å². The Morgan fingerprint density at radius 3 is 2.48 bits per heavy atom. The average Bonchev–Trinajstić information content (AvgIpc) is 2.81. The molecule has 0 aliphatic carbocycles. The lowest BCUT2D eigenvalue weighted by Crippen LogP contribution is -2.14. The van der Waals surface area contributed by atoms with E-state index in [1.807, 2.05) is 12.1 Å². The predicted octanol–water partition coefficient (Wildman–Crippen LogP) is 3.48. The van der Waals surface area contributed by atoms with Gasteiger partial charge in [-0.15, -0.1) is 0 Å². The highest BCUT2D eigenvalue weighted by Crippen LogP contribution is 2.32. The third-order valence-electron chi connectivity index (χ3n) is 3.89. The molecule has 0 amide bonds. The number of benzene rings is 2. The molecule has 0 radical (unpaired) electrons. The lowest BCUT2D eigenvalue weighted by atomic mass is 10.1. The maximum atomic E-state index is 13.1. The van der Waals surface area contributed by atoms with Crippen LogP contribution in [0, 0.1) is 6.92 Å². The van der Waals surface area contributed by atoms with Crippen LogP contribution >= 0.6 is 15.9 Å². The molecule has 23 heavy (non-hydrogen) atoms. The summed E-state index contributed by atoms with van der Waals surface area (Å²) in [5.41, 5.74) is 2.11. The Bertz CT molecular complexity index is 962. The van der Waals surface area contributed by atoms with Crippen LogP contribution < -0.4 is 0 Å². The molecule has 4 nitrogen and oxygen atoms in total. The van der Waals surface area contributed by atoms with Crippen LogP contribution in [0.5, 0.6) is 0 Å². The van der Waals surface area contributed by atoms with Crippen LogP contribution in [-0.2, 0) is 16.4 Å². The van der Waals surface area contributed by atoms with Crippen molar-refractivity contribution in [2.24, 2.45) is 0 Å². The lowest BCUT2D eigenvalue weighted by Gasteiger charge is -2.10. The normalized spacial score (nSPS) is 12.0. The quantitative estimate of drug-likeness (QED) is 0.737. The van der Waals surface area contributed by atoms with Crippen LogP contribution in [0.15, 0.2) is 57.9 Å². The summed E-state index contributed by atoms with van der Waals surface area (Å²) < 4.78 is 28.4. The molecule has 120 valence electrons. The van der Waals surface area contributed by atoms with Crippen LogP contribution in [0.1, 0.15) is 11.3 Å². The Labute approximate surface area is 143 Å². The van der Waals surface area contributed by atoms with Gasteiger partial charge in [0.25, 0.3) is 10.0 Å². The molecule has 6 heteroatoms. The van der Waals surface area contributed by atoms with Crippen molar-refractivity contribution in [3.8, 4) is 0 Å². The van der Waals surface area contributed by atoms with Crippen LogP contribution in [0.3, 0.4) is 0 Å². The number of aromatic nitrogens is 1. The maximum absolute atomic E-state index is 13.1. The van der Waals surface area contributed by atoms with Gasteiger partial charge in [0.15, 0.2) is 0 Å². The Morgan fingerprint density at radius 2 is 1.83 bits per heavy atom. The van der Waals surface area contributed by atoms with Crippen LogP contribution in [0.2, 0.25) is 0 Å². The fraction of sp³-hybridized carbons (Fsp3) is 0.176. The highest BCUT2D eigenvalue weighted by atomic mass is 79.9. The fourth-order valence-corrected chi connectivity index (χ4v) is 4.82. The van der Waals surface area contributed by atoms with Crippen molar-refractivity contribution in [3.63, 3.8) is 0 Å². The SMILES string of the molecule is Cc1c(CCO)c2cc(Br)ccc2n1S(=O)(=O)c1ccccc1. The van der Waals surface area contributed by atoms with E-state index in [1.165, 1.54) is 3.97 Å². The molecule has 0 saturated heterocycles. The number of hydrogen-bond acceptors (Lipinski definition) is 3. The molecule has 0 spiro atoms. The van der Waals surface area contributed by atoms with E-state index in [0.29, 0.717) is 17.6 Å². The van der Waals surface area contributed by atoms with Crippen molar-refractivity contribution >= 4 is 36.9 Å². The minimum absolute atomic E-state index is 0.0299. The van der Waals surface area contributed by atoms with Gasteiger partial charge < -0.3 is 5.11 Å². The van der Waals surface area contributed by atoms with Gasteiger partial charge in [-0.05, 0) is 49.2 Å². The van der Waals surface area contributed by atoms with Crippen LogP contribution in [0.25, 0.3) is 10.9 Å².